The minimum atomic E-state index is -0.551. The maximum absolute atomic E-state index is 12.8. The molecular weight excluding hydrogens is 356 g/mol. The van der Waals surface area contributed by atoms with Crippen LogP contribution >= 0.6 is 0 Å². The Labute approximate surface area is 164 Å². The topological polar surface area (TPSA) is 90.5 Å². The lowest BCUT2D eigenvalue weighted by atomic mass is 9.86. The Bertz CT molecular complexity index is 827. The van der Waals surface area contributed by atoms with Crippen LogP contribution in [0.2, 0.25) is 0 Å². The molecule has 1 aliphatic carbocycles. The molecule has 3 fully saturated rings. The molecule has 3 N–H and O–H groups in total. The quantitative estimate of drug-likeness (QED) is 0.666. The van der Waals surface area contributed by atoms with Crippen LogP contribution in [0.1, 0.15) is 53.6 Å². The fraction of sp³-hybridized carbons (Fsp3) is 0.571. The number of piperidine rings is 1. The second-order valence-corrected chi connectivity index (χ2v) is 8.65. The van der Waals surface area contributed by atoms with Crippen molar-refractivity contribution in [1.82, 2.24) is 20.9 Å². The van der Waals surface area contributed by atoms with Crippen LogP contribution in [-0.2, 0) is 22.7 Å². The van der Waals surface area contributed by atoms with E-state index in [2.05, 4.69) is 22.0 Å². The van der Waals surface area contributed by atoms with Crippen LogP contribution in [0.15, 0.2) is 18.2 Å². The first kappa shape index (κ1) is 17.8. The third kappa shape index (κ3) is 3.22. The molecular formula is C21H26N4O3. The standard InChI is InChI=1S/C21H26N4O3/c26-19-4-3-18(20(27)24-19)25-11-14-5-12(1-2-17(14)21(25)28)9-22-15-6-13-7-16(8-15)23-10-13/h1-2,5,13,15-16,18,22-23H,3-4,6-11H2,(H,24,26,27). The van der Waals surface area contributed by atoms with Crippen LogP contribution in [0.3, 0.4) is 0 Å². The predicted octanol–water partition coefficient (Wildman–Crippen LogP) is 0.678. The minimum absolute atomic E-state index is 0.112. The summed E-state index contributed by atoms with van der Waals surface area (Å²) in [5, 5.41) is 9.63. The summed E-state index contributed by atoms with van der Waals surface area (Å²) in [6, 6.07) is 6.64. The molecule has 2 saturated heterocycles. The summed E-state index contributed by atoms with van der Waals surface area (Å²) in [5.74, 6) is 0.0693. The molecule has 1 saturated carbocycles. The van der Waals surface area contributed by atoms with Crippen molar-refractivity contribution in [2.75, 3.05) is 6.54 Å². The van der Waals surface area contributed by atoms with Gasteiger partial charge in [0.05, 0.1) is 0 Å². The maximum Gasteiger partial charge on any atom is 0.255 e. The molecule has 3 heterocycles. The minimum Gasteiger partial charge on any atom is -0.322 e. The van der Waals surface area contributed by atoms with Crippen LogP contribution in [0.4, 0.5) is 0 Å². The van der Waals surface area contributed by atoms with Gasteiger partial charge in [0.15, 0.2) is 0 Å². The number of imide groups is 1. The molecule has 3 aliphatic heterocycles. The van der Waals surface area contributed by atoms with E-state index in [1.807, 2.05) is 12.1 Å². The van der Waals surface area contributed by atoms with Gasteiger partial charge < -0.3 is 15.5 Å². The molecule has 0 radical (unpaired) electrons. The van der Waals surface area contributed by atoms with Gasteiger partial charge in [-0.25, -0.2) is 0 Å². The molecule has 4 unspecified atom stereocenters. The van der Waals surface area contributed by atoms with Gasteiger partial charge in [0.1, 0.15) is 6.04 Å². The van der Waals surface area contributed by atoms with Crippen molar-refractivity contribution in [2.45, 2.75) is 63.3 Å². The number of hydrogen-bond donors (Lipinski definition) is 3. The van der Waals surface area contributed by atoms with Crippen molar-refractivity contribution in [2.24, 2.45) is 5.92 Å². The second-order valence-electron chi connectivity index (χ2n) is 8.65. The number of carbonyl (C=O) groups excluding carboxylic acids is 3. The third-order valence-electron chi connectivity index (χ3n) is 6.68. The first-order chi connectivity index (χ1) is 13.6. The second kappa shape index (κ2) is 6.97. The number of amides is 3. The van der Waals surface area contributed by atoms with Gasteiger partial charge in [-0.1, -0.05) is 12.1 Å². The van der Waals surface area contributed by atoms with E-state index in [0.29, 0.717) is 30.6 Å². The molecule has 28 heavy (non-hydrogen) atoms. The first-order valence-corrected chi connectivity index (χ1v) is 10.3. The van der Waals surface area contributed by atoms with E-state index >= 15 is 0 Å². The van der Waals surface area contributed by atoms with Gasteiger partial charge >= 0.3 is 0 Å². The zero-order valence-corrected chi connectivity index (χ0v) is 15.9. The lowest BCUT2D eigenvalue weighted by Gasteiger charge is -2.29. The van der Waals surface area contributed by atoms with Crippen LogP contribution in [0, 0.1) is 5.92 Å². The van der Waals surface area contributed by atoms with Crippen molar-refractivity contribution in [3.05, 3.63) is 34.9 Å². The molecule has 5 rings (SSSR count). The summed E-state index contributed by atoms with van der Waals surface area (Å²) in [6.07, 6.45) is 4.41. The zero-order chi connectivity index (χ0) is 19.3. The Balaban J connectivity index is 1.24. The molecule has 4 atom stereocenters. The lowest BCUT2D eigenvalue weighted by molar-refractivity contribution is -0.136. The number of benzene rings is 1. The average Bonchev–Trinajstić information content (AvgIpc) is 3.19. The summed E-state index contributed by atoms with van der Waals surface area (Å²) in [4.78, 5) is 37.9. The monoisotopic (exact) mass is 382 g/mol. The fourth-order valence-corrected chi connectivity index (χ4v) is 5.27. The molecule has 7 heteroatoms. The normalized spacial score (nSPS) is 31.9. The van der Waals surface area contributed by atoms with E-state index in [1.165, 1.54) is 24.8 Å². The van der Waals surface area contributed by atoms with Gasteiger partial charge in [0.25, 0.3) is 5.91 Å². The summed E-state index contributed by atoms with van der Waals surface area (Å²) < 4.78 is 0. The number of carbonyl (C=O) groups is 3. The molecule has 0 aromatic heterocycles. The van der Waals surface area contributed by atoms with Crippen LogP contribution in [0.25, 0.3) is 0 Å². The van der Waals surface area contributed by atoms with Crippen LogP contribution < -0.4 is 16.0 Å². The van der Waals surface area contributed by atoms with E-state index in [1.54, 1.807) is 4.90 Å². The maximum atomic E-state index is 12.8. The molecule has 0 spiro atoms. The molecule has 7 nitrogen and oxygen atoms in total. The SMILES string of the molecule is O=C1CCC(N2Cc3cc(CNC4CC5CNC(C5)C4)ccc3C2=O)C(=O)N1. The Morgan fingerprint density at radius 2 is 2.04 bits per heavy atom. The van der Waals surface area contributed by atoms with Gasteiger partial charge in [-0.15, -0.1) is 0 Å². The number of nitrogens with one attached hydrogen (secondary N) is 3. The van der Waals surface area contributed by atoms with E-state index in [9.17, 15) is 14.4 Å². The van der Waals surface area contributed by atoms with Gasteiger partial charge in [0.2, 0.25) is 11.8 Å². The fourth-order valence-electron chi connectivity index (χ4n) is 5.27. The zero-order valence-electron chi connectivity index (χ0n) is 15.9. The highest BCUT2D eigenvalue weighted by molar-refractivity contribution is 6.05. The smallest absolute Gasteiger partial charge is 0.255 e. The van der Waals surface area contributed by atoms with E-state index in [-0.39, 0.29) is 24.1 Å². The van der Waals surface area contributed by atoms with Crippen molar-refractivity contribution in [1.29, 1.82) is 0 Å². The molecule has 2 bridgehead atoms. The first-order valence-electron chi connectivity index (χ1n) is 10.3. The average molecular weight is 382 g/mol. The number of rotatable bonds is 4. The van der Waals surface area contributed by atoms with Gasteiger partial charge in [-0.3, -0.25) is 19.7 Å². The van der Waals surface area contributed by atoms with Crippen molar-refractivity contribution in [3.63, 3.8) is 0 Å². The molecule has 1 aromatic rings. The molecule has 4 aliphatic rings. The molecule has 3 amide bonds. The Hall–Kier alpha value is -2.25. The van der Waals surface area contributed by atoms with Gasteiger partial charge in [-0.2, -0.15) is 0 Å². The molecule has 148 valence electrons. The highest BCUT2D eigenvalue weighted by Crippen LogP contribution is 2.30. The van der Waals surface area contributed by atoms with E-state index < -0.39 is 6.04 Å². The predicted molar refractivity (Wildman–Crippen MR) is 102 cm³/mol. The summed E-state index contributed by atoms with van der Waals surface area (Å²) in [6.45, 7) is 2.38. The van der Waals surface area contributed by atoms with Crippen molar-refractivity contribution >= 4 is 17.7 Å². The lowest BCUT2D eigenvalue weighted by Crippen LogP contribution is -2.52. The highest BCUT2D eigenvalue weighted by atomic mass is 16.2. The Kier molecular flexibility index (Phi) is 4.44. The molecule has 1 aromatic carbocycles. The largest absolute Gasteiger partial charge is 0.322 e. The van der Waals surface area contributed by atoms with E-state index in [0.717, 1.165) is 24.6 Å². The van der Waals surface area contributed by atoms with E-state index in [4.69, 9.17) is 0 Å². The summed E-state index contributed by atoms with van der Waals surface area (Å²) in [7, 11) is 0. The Morgan fingerprint density at radius 3 is 2.86 bits per heavy atom. The van der Waals surface area contributed by atoms with Gasteiger partial charge in [0, 0.05) is 37.2 Å². The number of nitrogens with zero attached hydrogens (tertiary/aromatic N) is 1. The van der Waals surface area contributed by atoms with Gasteiger partial charge in [-0.05, 0) is 55.3 Å². The third-order valence-corrected chi connectivity index (χ3v) is 6.68. The summed E-state index contributed by atoms with van der Waals surface area (Å²) in [5.41, 5.74) is 2.82. The Morgan fingerprint density at radius 1 is 1.14 bits per heavy atom. The van der Waals surface area contributed by atoms with Crippen LogP contribution in [0.5, 0.6) is 0 Å². The van der Waals surface area contributed by atoms with Crippen LogP contribution in [-0.4, -0.2) is 47.3 Å². The summed E-state index contributed by atoms with van der Waals surface area (Å²) >= 11 is 0. The number of hydrogen-bond acceptors (Lipinski definition) is 5. The van der Waals surface area contributed by atoms with Crippen molar-refractivity contribution < 1.29 is 14.4 Å². The number of fused-ring (bicyclic) bond motifs is 3. The highest BCUT2D eigenvalue weighted by Gasteiger charge is 2.39. The van der Waals surface area contributed by atoms with Crippen molar-refractivity contribution in [3.8, 4) is 0 Å².